The van der Waals surface area contributed by atoms with Crippen LogP contribution < -0.4 is 10.6 Å². The van der Waals surface area contributed by atoms with Crippen molar-refractivity contribution in [2.75, 3.05) is 17.2 Å². The molecule has 0 aliphatic rings. The summed E-state index contributed by atoms with van der Waals surface area (Å²) in [7, 11) is 0. The Morgan fingerprint density at radius 1 is 1.14 bits per heavy atom. The Morgan fingerprint density at radius 2 is 1.86 bits per heavy atom. The number of hydrogen-bond donors (Lipinski definition) is 3. The molecule has 0 saturated carbocycles. The van der Waals surface area contributed by atoms with E-state index in [2.05, 4.69) is 10.6 Å². The topological polar surface area (TPSA) is 78.4 Å². The van der Waals surface area contributed by atoms with Crippen LogP contribution in [0, 0.1) is 12.7 Å². The Bertz CT molecular complexity index is 716. The molecule has 6 heteroatoms. The lowest BCUT2D eigenvalue weighted by molar-refractivity contribution is -0.114. The minimum Gasteiger partial charge on any atom is -0.478 e. The fourth-order valence-corrected chi connectivity index (χ4v) is 1.91. The van der Waals surface area contributed by atoms with Crippen LogP contribution in [-0.4, -0.2) is 23.5 Å². The molecular formula is C16H15FN2O3. The first kappa shape index (κ1) is 15.5. The van der Waals surface area contributed by atoms with Crippen molar-refractivity contribution in [2.24, 2.45) is 0 Å². The van der Waals surface area contributed by atoms with E-state index in [1.807, 2.05) is 0 Å². The van der Waals surface area contributed by atoms with Gasteiger partial charge in [0.25, 0.3) is 0 Å². The van der Waals surface area contributed by atoms with Crippen LogP contribution in [0.25, 0.3) is 0 Å². The van der Waals surface area contributed by atoms with E-state index in [4.69, 9.17) is 5.11 Å². The van der Waals surface area contributed by atoms with Gasteiger partial charge in [0.05, 0.1) is 23.5 Å². The Kier molecular flexibility index (Phi) is 4.73. The van der Waals surface area contributed by atoms with Crippen molar-refractivity contribution in [1.29, 1.82) is 0 Å². The predicted molar refractivity (Wildman–Crippen MR) is 81.7 cm³/mol. The first-order valence-electron chi connectivity index (χ1n) is 6.59. The van der Waals surface area contributed by atoms with Crippen molar-refractivity contribution >= 4 is 23.3 Å². The number of carboxylic acid groups (broad SMARTS) is 1. The molecule has 0 atom stereocenters. The number of nitrogens with one attached hydrogen (secondary N) is 2. The minimum absolute atomic E-state index is 0.00244. The third-order valence-electron chi connectivity index (χ3n) is 3.00. The predicted octanol–water partition coefficient (Wildman–Crippen LogP) is 2.88. The highest BCUT2D eigenvalue weighted by atomic mass is 19.1. The molecule has 0 aromatic heterocycles. The largest absolute Gasteiger partial charge is 0.478 e. The van der Waals surface area contributed by atoms with Crippen LogP contribution >= 0.6 is 0 Å². The fourth-order valence-electron chi connectivity index (χ4n) is 1.91. The Labute approximate surface area is 126 Å². The number of benzene rings is 2. The van der Waals surface area contributed by atoms with Crippen molar-refractivity contribution in [3.05, 3.63) is 59.4 Å². The van der Waals surface area contributed by atoms with Crippen molar-refractivity contribution in [2.45, 2.75) is 6.92 Å². The molecule has 2 aromatic carbocycles. The molecule has 2 aromatic rings. The maximum Gasteiger partial charge on any atom is 0.337 e. The SMILES string of the molecule is Cc1ccc(NCC(=O)Nc2ccccc2C(=O)O)c(F)c1. The van der Waals surface area contributed by atoms with E-state index in [9.17, 15) is 14.0 Å². The molecule has 0 radical (unpaired) electrons. The molecule has 2 rings (SSSR count). The van der Waals surface area contributed by atoms with Crippen LogP contribution in [0.1, 0.15) is 15.9 Å². The van der Waals surface area contributed by atoms with Gasteiger partial charge in [-0.05, 0) is 36.8 Å². The zero-order valence-electron chi connectivity index (χ0n) is 11.9. The number of hydrogen-bond acceptors (Lipinski definition) is 3. The van der Waals surface area contributed by atoms with E-state index in [1.165, 1.54) is 18.2 Å². The normalized spacial score (nSPS) is 10.1. The molecule has 0 aliphatic heterocycles. The molecule has 0 bridgehead atoms. The highest BCUT2D eigenvalue weighted by molar-refractivity contribution is 6.01. The first-order chi connectivity index (χ1) is 10.5. The van der Waals surface area contributed by atoms with Gasteiger partial charge < -0.3 is 15.7 Å². The Balaban J connectivity index is 2.00. The summed E-state index contributed by atoms with van der Waals surface area (Å²) in [6, 6.07) is 10.7. The number of para-hydroxylation sites is 1. The number of aryl methyl sites for hydroxylation is 1. The average Bonchev–Trinajstić information content (AvgIpc) is 2.46. The summed E-state index contributed by atoms with van der Waals surface area (Å²) in [6.45, 7) is 1.59. The molecular weight excluding hydrogens is 287 g/mol. The summed E-state index contributed by atoms with van der Waals surface area (Å²) in [4.78, 5) is 22.9. The molecule has 3 N–H and O–H groups in total. The zero-order valence-corrected chi connectivity index (χ0v) is 11.9. The molecule has 114 valence electrons. The van der Waals surface area contributed by atoms with E-state index in [0.29, 0.717) is 0 Å². The van der Waals surface area contributed by atoms with Crippen molar-refractivity contribution in [3.63, 3.8) is 0 Å². The van der Waals surface area contributed by atoms with Crippen LogP contribution in [0.3, 0.4) is 0 Å². The van der Waals surface area contributed by atoms with Gasteiger partial charge in [-0.25, -0.2) is 9.18 Å². The Morgan fingerprint density at radius 3 is 2.55 bits per heavy atom. The van der Waals surface area contributed by atoms with Gasteiger partial charge in [0.1, 0.15) is 5.82 Å². The first-order valence-corrected chi connectivity index (χ1v) is 6.59. The number of rotatable bonds is 5. The smallest absolute Gasteiger partial charge is 0.337 e. The lowest BCUT2D eigenvalue weighted by atomic mass is 10.2. The lowest BCUT2D eigenvalue weighted by Gasteiger charge is -2.10. The monoisotopic (exact) mass is 302 g/mol. The van der Waals surface area contributed by atoms with Crippen LogP contribution in [-0.2, 0) is 4.79 Å². The van der Waals surface area contributed by atoms with Gasteiger partial charge in [0.2, 0.25) is 5.91 Å². The van der Waals surface area contributed by atoms with Crippen LogP contribution in [0.2, 0.25) is 0 Å². The van der Waals surface area contributed by atoms with Gasteiger partial charge in [0.15, 0.2) is 0 Å². The highest BCUT2D eigenvalue weighted by Crippen LogP contribution is 2.16. The fraction of sp³-hybridized carbons (Fsp3) is 0.125. The maximum atomic E-state index is 13.6. The molecule has 0 unspecified atom stereocenters. The molecule has 5 nitrogen and oxygen atoms in total. The van der Waals surface area contributed by atoms with Gasteiger partial charge in [-0.15, -0.1) is 0 Å². The van der Waals surface area contributed by atoms with Crippen LogP contribution in [0.4, 0.5) is 15.8 Å². The molecule has 1 amide bonds. The Hall–Kier alpha value is -2.89. The standard InChI is InChI=1S/C16H15FN2O3/c1-10-6-7-14(12(17)8-10)18-9-15(20)19-13-5-3-2-4-11(13)16(21)22/h2-8,18H,9H2,1H3,(H,19,20)(H,21,22). The summed E-state index contributed by atoms with van der Waals surface area (Å²) < 4.78 is 13.6. The van der Waals surface area contributed by atoms with Crippen molar-refractivity contribution in [1.82, 2.24) is 0 Å². The van der Waals surface area contributed by atoms with Gasteiger partial charge in [-0.2, -0.15) is 0 Å². The number of carboxylic acids is 1. The third-order valence-corrected chi connectivity index (χ3v) is 3.00. The summed E-state index contributed by atoms with van der Waals surface area (Å²) >= 11 is 0. The van der Waals surface area contributed by atoms with Gasteiger partial charge in [0, 0.05) is 0 Å². The molecule has 0 saturated heterocycles. The quantitative estimate of drug-likeness (QED) is 0.793. The number of carbonyl (C=O) groups is 2. The second-order valence-electron chi connectivity index (χ2n) is 4.74. The second kappa shape index (κ2) is 6.71. The van der Waals surface area contributed by atoms with Crippen molar-refractivity contribution < 1.29 is 19.1 Å². The number of halogens is 1. The van der Waals surface area contributed by atoms with E-state index < -0.39 is 17.7 Å². The maximum absolute atomic E-state index is 13.6. The number of carbonyl (C=O) groups excluding carboxylic acids is 1. The summed E-state index contributed by atoms with van der Waals surface area (Å²) in [5, 5.41) is 14.2. The molecule has 22 heavy (non-hydrogen) atoms. The number of aromatic carboxylic acids is 1. The van der Waals surface area contributed by atoms with E-state index in [-0.39, 0.29) is 23.5 Å². The number of anilines is 2. The van der Waals surface area contributed by atoms with E-state index in [1.54, 1.807) is 31.2 Å². The average molecular weight is 302 g/mol. The summed E-state index contributed by atoms with van der Waals surface area (Å²) in [5.74, 6) is -2.04. The van der Waals surface area contributed by atoms with Crippen LogP contribution in [0.15, 0.2) is 42.5 Å². The molecule has 0 heterocycles. The minimum atomic E-state index is -1.13. The number of amides is 1. The highest BCUT2D eigenvalue weighted by Gasteiger charge is 2.12. The lowest BCUT2D eigenvalue weighted by Crippen LogP contribution is -2.23. The van der Waals surface area contributed by atoms with Gasteiger partial charge in [-0.3, -0.25) is 4.79 Å². The van der Waals surface area contributed by atoms with Crippen molar-refractivity contribution in [3.8, 4) is 0 Å². The van der Waals surface area contributed by atoms with Crippen LogP contribution in [0.5, 0.6) is 0 Å². The van der Waals surface area contributed by atoms with Gasteiger partial charge in [-0.1, -0.05) is 18.2 Å². The molecule has 0 aliphatic carbocycles. The van der Waals surface area contributed by atoms with E-state index >= 15 is 0 Å². The summed E-state index contributed by atoms with van der Waals surface area (Å²) in [6.07, 6.45) is 0. The summed E-state index contributed by atoms with van der Waals surface area (Å²) in [5.41, 5.74) is 1.19. The zero-order chi connectivity index (χ0) is 16.1. The van der Waals surface area contributed by atoms with E-state index in [0.717, 1.165) is 5.56 Å². The molecule has 0 spiro atoms. The molecule has 0 fully saturated rings. The third kappa shape index (κ3) is 3.82. The second-order valence-corrected chi connectivity index (χ2v) is 4.74. The van der Waals surface area contributed by atoms with Gasteiger partial charge >= 0.3 is 5.97 Å².